The fourth-order valence-electron chi connectivity index (χ4n) is 3.80. The second-order valence-electron chi connectivity index (χ2n) is 8.21. The normalized spacial score (nSPS) is 20.4. The SMILES string of the molecule is C[C@H]1CN(S(=O)(=O)c2ccc(Cl)cc2S(=O)(=O)c2ccccc2F)CC[C@@H]1CNS(=O)(=O)C(F)(F)F. The van der Waals surface area contributed by atoms with E-state index in [1.807, 2.05) is 0 Å². The summed E-state index contributed by atoms with van der Waals surface area (Å²) >= 11 is 5.93. The second kappa shape index (κ2) is 10.2. The number of hydrogen-bond donors (Lipinski definition) is 1. The van der Waals surface area contributed by atoms with E-state index in [0.29, 0.717) is 0 Å². The molecule has 1 heterocycles. The Bertz CT molecular complexity index is 1460. The van der Waals surface area contributed by atoms with Gasteiger partial charge in [0.25, 0.3) is 0 Å². The first-order chi connectivity index (χ1) is 16.5. The standard InChI is InChI=1S/C20H21ClF4N2O6S3/c1-13-12-27(9-8-14(13)11-26-36(32,33)20(23,24)25)35(30,31)18-7-6-15(21)10-19(18)34(28,29)17-5-3-2-4-16(17)22/h2-7,10,13-14,26H,8-9,11-12H2,1H3/t13-,14+/m0/s1. The first-order valence-electron chi connectivity index (χ1n) is 10.3. The number of benzene rings is 2. The summed E-state index contributed by atoms with van der Waals surface area (Å²) in [6.07, 6.45) is 0.00373. The van der Waals surface area contributed by atoms with Gasteiger partial charge in [-0.05, 0) is 48.6 Å². The molecule has 8 nitrogen and oxygen atoms in total. The van der Waals surface area contributed by atoms with Gasteiger partial charge in [0.15, 0.2) is 0 Å². The number of nitrogens with one attached hydrogen (secondary N) is 1. The number of halogens is 5. The molecule has 0 aliphatic carbocycles. The number of alkyl halides is 3. The van der Waals surface area contributed by atoms with Gasteiger partial charge in [-0.25, -0.2) is 34.4 Å². The van der Waals surface area contributed by atoms with Crippen LogP contribution in [-0.2, 0) is 29.9 Å². The van der Waals surface area contributed by atoms with Crippen molar-refractivity contribution in [3.05, 3.63) is 53.3 Å². The van der Waals surface area contributed by atoms with Crippen molar-refractivity contribution >= 4 is 41.5 Å². The van der Waals surface area contributed by atoms with E-state index in [4.69, 9.17) is 11.6 Å². The molecule has 36 heavy (non-hydrogen) atoms. The molecule has 0 unspecified atom stereocenters. The Morgan fingerprint density at radius 3 is 2.22 bits per heavy atom. The number of nitrogens with zero attached hydrogens (tertiary/aromatic N) is 1. The molecule has 1 aliphatic rings. The molecule has 1 aliphatic heterocycles. The van der Waals surface area contributed by atoms with E-state index < -0.39 is 74.3 Å². The lowest BCUT2D eigenvalue weighted by Gasteiger charge is -2.36. The molecule has 1 fully saturated rings. The van der Waals surface area contributed by atoms with Crippen LogP contribution in [0.25, 0.3) is 0 Å². The van der Waals surface area contributed by atoms with Crippen molar-refractivity contribution in [3.8, 4) is 0 Å². The molecule has 0 bridgehead atoms. The first kappa shape index (κ1) is 28.8. The summed E-state index contributed by atoms with van der Waals surface area (Å²) in [6.45, 7) is 0.549. The predicted molar refractivity (Wildman–Crippen MR) is 122 cm³/mol. The lowest BCUT2D eigenvalue weighted by molar-refractivity contribution is -0.0449. The van der Waals surface area contributed by atoms with E-state index >= 15 is 0 Å². The maximum Gasteiger partial charge on any atom is 0.511 e. The van der Waals surface area contributed by atoms with Gasteiger partial charge in [0.1, 0.15) is 15.6 Å². The van der Waals surface area contributed by atoms with Crippen molar-refractivity contribution in [2.45, 2.75) is 33.5 Å². The summed E-state index contributed by atoms with van der Waals surface area (Å²) in [7, 11) is -14.7. The third-order valence-corrected chi connectivity index (χ3v) is 11.1. The lowest BCUT2D eigenvalue weighted by Crippen LogP contribution is -2.47. The number of sulfone groups is 1. The Labute approximate surface area is 211 Å². The highest BCUT2D eigenvalue weighted by molar-refractivity contribution is 7.93. The quantitative estimate of drug-likeness (QED) is 0.493. The number of rotatable bonds is 7. The Hall–Kier alpha value is -1.78. The molecular formula is C20H21ClF4N2O6S3. The van der Waals surface area contributed by atoms with Crippen LogP contribution in [0.5, 0.6) is 0 Å². The summed E-state index contributed by atoms with van der Waals surface area (Å²) in [6, 6.07) is 7.48. The van der Waals surface area contributed by atoms with Crippen molar-refractivity contribution in [2.75, 3.05) is 19.6 Å². The first-order valence-corrected chi connectivity index (χ1v) is 15.1. The van der Waals surface area contributed by atoms with Crippen molar-refractivity contribution in [1.82, 2.24) is 9.03 Å². The van der Waals surface area contributed by atoms with Crippen LogP contribution < -0.4 is 4.72 Å². The number of piperidine rings is 1. The summed E-state index contributed by atoms with van der Waals surface area (Å²) in [5.41, 5.74) is -5.48. The van der Waals surface area contributed by atoms with Crippen molar-refractivity contribution in [2.24, 2.45) is 11.8 Å². The predicted octanol–water partition coefficient (Wildman–Crippen LogP) is 3.40. The Morgan fingerprint density at radius 1 is 1.00 bits per heavy atom. The molecule has 2 aromatic carbocycles. The summed E-state index contributed by atoms with van der Waals surface area (Å²) in [5.74, 6) is -2.28. The van der Waals surface area contributed by atoms with Crippen LogP contribution in [0, 0.1) is 17.7 Å². The van der Waals surface area contributed by atoms with E-state index in [1.54, 1.807) is 0 Å². The summed E-state index contributed by atoms with van der Waals surface area (Å²) in [4.78, 5) is -2.11. The molecule has 2 aromatic rings. The van der Waals surface area contributed by atoms with Crippen LogP contribution in [0.2, 0.25) is 5.02 Å². The fourth-order valence-corrected chi connectivity index (χ4v) is 8.32. The van der Waals surface area contributed by atoms with Gasteiger partial charge in [-0.2, -0.15) is 17.5 Å². The van der Waals surface area contributed by atoms with E-state index in [0.717, 1.165) is 34.6 Å². The third kappa shape index (κ3) is 5.70. The average Bonchev–Trinajstić information content (AvgIpc) is 2.77. The van der Waals surface area contributed by atoms with E-state index in [-0.39, 0.29) is 24.5 Å². The van der Waals surface area contributed by atoms with Gasteiger partial charge in [0.2, 0.25) is 19.9 Å². The van der Waals surface area contributed by atoms with Crippen LogP contribution in [-0.4, -0.2) is 54.7 Å². The molecule has 200 valence electrons. The van der Waals surface area contributed by atoms with E-state index in [1.165, 1.54) is 23.8 Å². The summed E-state index contributed by atoms with van der Waals surface area (Å²) in [5, 5.41) is -0.104. The zero-order chi connectivity index (χ0) is 27.1. The van der Waals surface area contributed by atoms with Crippen LogP contribution in [0.4, 0.5) is 17.6 Å². The molecule has 0 aromatic heterocycles. The fraction of sp³-hybridized carbons (Fsp3) is 0.400. The zero-order valence-corrected chi connectivity index (χ0v) is 21.7. The van der Waals surface area contributed by atoms with Gasteiger partial charge in [-0.3, -0.25) is 0 Å². The van der Waals surface area contributed by atoms with Crippen LogP contribution >= 0.6 is 11.6 Å². The largest absolute Gasteiger partial charge is 0.511 e. The minimum atomic E-state index is -5.55. The highest BCUT2D eigenvalue weighted by atomic mass is 35.5. The molecule has 3 rings (SSSR count). The summed E-state index contributed by atoms with van der Waals surface area (Å²) < 4.78 is 130. The molecule has 0 spiro atoms. The topological polar surface area (TPSA) is 118 Å². The van der Waals surface area contributed by atoms with Gasteiger partial charge in [-0.15, -0.1) is 0 Å². The maximum absolute atomic E-state index is 14.3. The van der Waals surface area contributed by atoms with E-state index in [9.17, 15) is 42.8 Å². The smallest absolute Gasteiger partial charge is 0.218 e. The average molecular weight is 593 g/mol. The molecule has 0 saturated carbocycles. The maximum atomic E-state index is 14.3. The zero-order valence-electron chi connectivity index (χ0n) is 18.5. The van der Waals surface area contributed by atoms with Crippen LogP contribution in [0.3, 0.4) is 0 Å². The molecule has 16 heteroatoms. The molecule has 1 N–H and O–H groups in total. The van der Waals surface area contributed by atoms with Gasteiger partial charge in [-0.1, -0.05) is 30.7 Å². The van der Waals surface area contributed by atoms with E-state index in [2.05, 4.69) is 0 Å². The Balaban J connectivity index is 1.90. The minimum Gasteiger partial charge on any atom is -0.218 e. The highest BCUT2D eigenvalue weighted by Crippen LogP contribution is 2.35. The number of sulfonamides is 2. The Morgan fingerprint density at radius 2 is 1.64 bits per heavy atom. The molecular weight excluding hydrogens is 572 g/mol. The van der Waals surface area contributed by atoms with Gasteiger partial charge >= 0.3 is 15.5 Å². The molecule has 1 saturated heterocycles. The monoisotopic (exact) mass is 592 g/mol. The van der Waals surface area contributed by atoms with Gasteiger partial charge in [0, 0.05) is 24.7 Å². The number of hydrogen-bond acceptors (Lipinski definition) is 6. The van der Waals surface area contributed by atoms with Crippen molar-refractivity contribution in [1.29, 1.82) is 0 Å². The van der Waals surface area contributed by atoms with Crippen LogP contribution in [0.15, 0.2) is 57.2 Å². The van der Waals surface area contributed by atoms with Crippen molar-refractivity contribution < 1.29 is 42.8 Å². The Kier molecular flexibility index (Phi) is 8.14. The molecule has 0 radical (unpaired) electrons. The van der Waals surface area contributed by atoms with Crippen LogP contribution in [0.1, 0.15) is 13.3 Å². The minimum absolute atomic E-state index is 0.00373. The van der Waals surface area contributed by atoms with Gasteiger partial charge < -0.3 is 0 Å². The lowest BCUT2D eigenvalue weighted by atomic mass is 9.88. The molecule has 0 amide bonds. The highest BCUT2D eigenvalue weighted by Gasteiger charge is 2.46. The van der Waals surface area contributed by atoms with Gasteiger partial charge in [0.05, 0.1) is 4.90 Å². The molecule has 2 atom stereocenters. The van der Waals surface area contributed by atoms with Crippen molar-refractivity contribution in [3.63, 3.8) is 0 Å². The second-order valence-corrected chi connectivity index (χ2v) is 14.2. The third-order valence-electron chi connectivity index (χ3n) is 5.83.